The molecule has 1 heterocycles. The fourth-order valence-corrected chi connectivity index (χ4v) is 4.06. The molecule has 3 aromatic carbocycles. The first-order valence-corrected chi connectivity index (χ1v) is 11.0. The van der Waals surface area contributed by atoms with Gasteiger partial charge in [0.1, 0.15) is 11.5 Å². The zero-order valence-electron chi connectivity index (χ0n) is 17.1. The third kappa shape index (κ3) is 4.49. The van der Waals surface area contributed by atoms with Gasteiger partial charge in [-0.25, -0.2) is 0 Å². The first-order valence-electron chi connectivity index (χ1n) is 10.0. The van der Waals surface area contributed by atoms with E-state index in [-0.39, 0.29) is 17.2 Å². The summed E-state index contributed by atoms with van der Waals surface area (Å²) in [4.78, 5) is 4.46. The topological polar surface area (TPSA) is 82.3 Å². The van der Waals surface area contributed by atoms with Gasteiger partial charge < -0.3 is 20.1 Å². The van der Waals surface area contributed by atoms with Gasteiger partial charge in [0.05, 0.1) is 13.2 Å². The van der Waals surface area contributed by atoms with E-state index in [0.29, 0.717) is 29.9 Å². The molecule has 1 aromatic heterocycles. The van der Waals surface area contributed by atoms with E-state index in [0.717, 1.165) is 28.5 Å². The van der Waals surface area contributed by atoms with Crippen molar-refractivity contribution in [2.45, 2.75) is 19.9 Å². The summed E-state index contributed by atoms with van der Waals surface area (Å²) < 4.78 is 5.49. The van der Waals surface area contributed by atoms with Crippen molar-refractivity contribution in [1.29, 1.82) is 0 Å². The van der Waals surface area contributed by atoms with Crippen LogP contribution < -0.4 is 4.74 Å². The van der Waals surface area contributed by atoms with Crippen LogP contribution >= 0.6 is 11.3 Å². The van der Waals surface area contributed by atoms with E-state index in [1.165, 1.54) is 6.07 Å². The maximum Gasteiger partial charge on any atom is 0.160 e. The molecule has 31 heavy (non-hydrogen) atoms. The van der Waals surface area contributed by atoms with Gasteiger partial charge in [-0.15, -0.1) is 0 Å². The van der Waals surface area contributed by atoms with Crippen LogP contribution in [-0.2, 0) is 6.54 Å². The van der Waals surface area contributed by atoms with Gasteiger partial charge in [0.15, 0.2) is 11.5 Å². The van der Waals surface area contributed by atoms with E-state index in [9.17, 15) is 15.3 Å². The van der Waals surface area contributed by atoms with Gasteiger partial charge in [0, 0.05) is 23.2 Å². The minimum atomic E-state index is -0.0395. The summed E-state index contributed by atoms with van der Waals surface area (Å²) in [5.74, 6) is 0.522. The number of ether oxygens (including phenoxy) is 1. The second kappa shape index (κ2) is 9.10. The Kier molecular flexibility index (Phi) is 6.09. The van der Waals surface area contributed by atoms with Crippen molar-refractivity contribution >= 4 is 28.3 Å². The molecule has 0 saturated heterocycles. The maximum atomic E-state index is 10.5. The van der Waals surface area contributed by atoms with Crippen molar-refractivity contribution in [3.8, 4) is 34.1 Å². The highest BCUT2D eigenvalue weighted by molar-refractivity contribution is 7.08. The predicted molar refractivity (Wildman–Crippen MR) is 126 cm³/mol. The number of fused-ring (bicyclic) bond motifs is 1. The second-order valence-corrected chi connectivity index (χ2v) is 8.00. The van der Waals surface area contributed by atoms with Crippen LogP contribution in [0.4, 0.5) is 0 Å². The highest BCUT2D eigenvalue weighted by Gasteiger charge is 2.12. The molecule has 0 fully saturated rings. The Morgan fingerprint density at radius 1 is 0.903 bits per heavy atom. The van der Waals surface area contributed by atoms with Gasteiger partial charge in [-0.3, -0.25) is 4.99 Å². The molecule has 0 radical (unpaired) electrons. The third-order valence-corrected chi connectivity index (χ3v) is 5.65. The number of phenols is 3. The summed E-state index contributed by atoms with van der Waals surface area (Å²) in [6.07, 6.45) is 2.47. The summed E-state index contributed by atoms with van der Waals surface area (Å²) in [5.41, 5.74) is 3.44. The first kappa shape index (κ1) is 20.8. The number of hydrogen-bond donors (Lipinski definition) is 3. The molecule has 4 rings (SSSR count). The van der Waals surface area contributed by atoms with Crippen LogP contribution in [0.3, 0.4) is 0 Å². The lowest BCUT2D eigenvalue weighted by atomic mass is 9.98. The molecule has 0 spiro atoms. The summed E-state index contributed by atoms with van der Waals surface area (Å²) in [6.45, 7) is 2.88. The van der Waals surface area contributed by atoms with Crippen LogP contribution in [0.25, 0.3) is 21.9 Å². The average Bonchev–Trinajstić information content (AvgIpc) is 3.30. The van der Waals surface area contributed by atoms with Crippen molar-refractivity contribution in [3.63, 3.8) is 0 Å². The Bertz CT molecular complexity index is 1230. The zero-order valence-corrected chi connectivity index (χ0v) is 17.9. The minimum Gasteiger partial charge on any atom is -0.507 e. The molecule has 0 aliphatic rings. The maximum absolute atomic E-state index is 10.5. The van der Waals surface area contributed by atoms with Crippen molar-refractivity contribution in [2.75, 3.05) is 6.61 Å². The summed E-state index contributed by atoms with van der Waals surface area (Å²) in [5, 5.41) is 36.3. The Balaban J connectivity index is 1.64. The number of phenolic OH excluding ortho intramolecular Hbond substituents is 3. The largest absolute Gasteiger partial charge is 0.507 e. The molecule has 6 heteroatoms. The number of rotatable bonds is 7. The number of hydrogen-bond acceptors (Lipinski definition) is 6. The number of benzene rings is 3. The van der Waals surface area contributed by atoms with Crippen LogP contribution in [0.2, 0.25) is 0 Å². The summed E-state index contributed by atoms with van der Waals surface area (Å²) in [7, 11) is 0. The number of aromatic hydroxyl groups is 3. The van der Waals surface area contributed by atoms with Crippen molar-refractivity contribution < 1.29 is 20.1 Å². The van der Waals surface area contributed by atoms with E-state index in [1.54, 1.807) is 29.7 Å². The fourth-order valence-electron chi connectivity index (χ4n) is 3.40. The Morgan fingerprint density at radius 3 is 2.52 bits per heavy atom. The van der Waals surface area contributed by atoms with Gasteiger partial charge in [0.25, 0.3) is 0 Å². The van der Waals surface area contributed by atoms with E-state index < -0.39 is 0 Å². The number of aliphatic imine (C=N–C) groups is 1. The van der Waals surface area contributed by atoms with Crippen molar-refractivity contribution in [3.05, 3.63) is 70.4 Å². The lowest BCUT2D eigenvalue weighted by Gasteiger charge is -2.10. The van der Waals surface area contributed by atoms with Crippen molar-refractivity contribution in [1.82, 2.24) is 0 Å². The standard InChI is InChI=1S/C25H23NO4S/c1-2-8-30-25-6-3-16(10-24(25)29)13-26-14-21-20-11-17(18-7-9-31-15-18)4-5-19(20)22(27)12-23(21)28/h3-7,9-12,14-15,27-29H,2,8,13H2,1H3. The summed E-state index contributed by atoms with van der Waals surface area (Å²) in [6, 6.07) is 14.3. The van der Waals surface area contributed by atoms with E-state index in [2.05, 4.69) is 10.4 Å². The first-order chi connectivity index (χ1) is 15.1. The fraction of sp³-hybridized carbons (Fsp3) is 0.160. The van der Waals surface area contributed by atoms with Gasteiger partial charge in [-0.05, 0) is 63.5 Å². The lowest BCUT2D eigenvalue weighted by Crippen LogP contribution is -1.95. The molecular weight excluding hydrogens is 410 g/mol. The van der Waals surface area contributed by atoms with Crippen molar-refractivity contribution in [2.24, 2.45) is 4.99 Å². The highest BCUT2D eigenvalue weighted by atomic mass is 32.1. The van der Waals surface area contributed by atoms with Gasteiger partial charge >= 0.3 is 0 Å². The van der Waals surface area contributed by atoms with Crippen LogP contribution in [0.15, 0.2) is 64.3 Å². The molecule has 0 bridgehead atoms. The number of nitrogens with zero attached hydrogens (tertiary/aromatic N) is 1. The number of thiophene rings is 1. The van der Waals surface area contributed by atoms with E-state index in [1.807, 2.05) is 42.6 Å². The second-order valence-electron chi connectivity index (χ2n) is 7.22. The Hall–Kier alpha value is -3.51. The molecule has 4 aromatic rings. The molecule has 0 aliphatic heterocycles. The molecule has 0 saturated carbocycles. The SMILES string of the molecule is CCCOc1ccc(CN=Cc2c(O)cc(O)c3ccc(-c4ccsc4)cc23)cc1O. The third-order valence-electron chi connectivity index (χ3n) is 4.97. The summed E-state index contributed by atoms with van der Waals surface area (Å²) >= 11 is 1.61. The smallest absolute Gasteiger partial charge is 0.160 e. The monoisotopic (exact) mass is 433 g/mol. The van der Waals surface area contributed by atoms with Crippen LogP contribution in [0, 0.1) is 0 Å². The van der Waals surface area contributed by atoms with Gasteiger partial charge in [-0.1, -0.05) is 25.1 Å². The molecule has 0 aliphatic carbocycles. The molecule has 3 N–H and O–H groups in total. The van der Waals surface area contributed by atoms with Crippen LogP contribution in [0.1, 0.15) is 24.5 Å². The molecule has 5 nitrogen and oxygen atoms in total. The Morgan fingerprint density at radius 2 is 1.77 bits per heavy atom. The lowest BCUT2D eigenvalue weighted by molar-refractivity contribution is 0.299. The van der Waals surface area contributed by atoms with Crippen LogP contribution in [-0.4, -0.2) is 28.1 Å². The molecule has 0 unspecified atom stereocenters. The quantitative estimate of drug-likeness (QED) is 0.308. The molecular formula is C25H23NO4S. The Labute approximate surface area is 184 Å². The van der Waals surface area contributed by atoms with Gasteiger partial charge in [-0.2, -0.15) is 11.3 Å². The average molecular weight is 434 g/mol. The highest BCUT2D eigenvalue weighted by Crippen LogP contribution is 2.36. The normalized spacial score (nSPS) is 11.4. The molecule has 0 atom stereocenters. The molecule has 158 valence electrons. The van der Waals surface area contributed by atoms with E-state index >= 15 is 0 Å². The van der Waals surface area contributed by atoms with Crippen LogP contribution in [0.5, 0.6) is 23.0 Å². The zero-order chi connectivity index (χ0) is 21.8. The van der Waals surface area contributed by atoms with E-state index in [4.69, 9.17) is 4.74 Å². The minimum absolute atomic E-state index is 0.0223. The molecule has 0 amide bonds. The predicted octanol–water partition coefficient (Wildman–Crippen LogP) is 6.09. The van der Waals surface area contributed by atoms with Gasteiger partial charge in [0.2, 0.25) is 0 Å².